The third kappa shape index (κ3) is 3.38. The number of nitro groups is 1. The number of hydrogen-bond donors (Lipinski definition) is 2. The average Bonchev–Trinajstić information content (AvgIpc) is 2.86. The predicted molar refractivity (Wildman–Crippen MR) is 78.7 cm³/mol. The van der Waals surface area contributed by atoms with Gasteiger partial charge in [0.15, 0.2) is 5.82 Å². The molecule has 7 nitrogen and oxygen atoms in total. The van der Waals surface area contributed by atoms with Gasteiger partial charge in [-0.3, -0.25) is 20.0 Å². The van der Waals surface area contributed by atoms with E-state index >= 15 is 0 Å². The Morgan fingerprint density at radius 1 is 1.43 bits per heavy atom. The molecule has 0 fully saturated rings. The van der Waals surface area contributed by atoms with E-state index in [-0.39, 0.29) is 22.2 Å². The van der Waals surface area contributed by atoms with E-state index < -0.39 is 10.8 Å². The first kappa shape index (κ1) is 15.0. The number of nitrogens with one attached hydrogen (secondary N) is 2. The summed E-state index contributed by atoms with van der Waals surface area (Å²) in [6, 6.07) is 5.53. The molecule has 0 unspecified atom stereocenters. The number of aromatic nitrogens is 2. The van der Waals surface area contributed by atoms with Crippen molar-refractivity contribution in [3.63, 3.8) is 0 Å². The van der Waals surface area contributed by atoms with E-state index in [1.807, 2.05) is 13.8 Å². The maximum Gasteiger partial charge on any atom is 0.287 e. The molecule has 0 spiro atoms. The molecule has 2 N–H and O–H groups in total. The summed E-state index contributed by atoms with van der Waals surface area (Å²) in [5.74, 6) is 0.212. The standard InChI is InChI=1S/C13H13ClN4O3/c1-7(2)10-6-12(17-16-10)15-13(19)8-3-4-11(18(20)21)9(14)5-8/h3-7H,1-2H3,(H2,15,16,17,19). The summed E-state index contributed by atoms with van der Waals surface area (Å²) >= 11 is 5.77. The van der Waals surface area contributed by atoms with E-state index in [1.165, 1.54) is 18.2 Å². The van der Waals surface area contributed by atoms with Crippen molar-refractivity contribution in [2.75, 3.05) is 5.32 Å². The highest BCUT2D eigenvalue weighted by atomic mass is 35.5. The van der Waals surface area contributed by atoms with Crippen LogP contribution in [0.25, 0.3) is 0 Å². The lowest BCUT2D eigenvalue weighted by molar-refractivity contribution is -0.384. The van der Waals surface area contributed by atoms with Crippen LogP contribution >= 0.6 is 11.6 Å². The van der Waals surface area contributed by atoms with Crippen molar-refractivity contribution in [3.8, 4) is 0 Å². The second kappa shape index (κ2) is 5.92. The Kier molecular flexibility index (Phi) is 4.23. The summed E-state index contributed by atoms with van der Waals surface area (Å²) in [5.41, 5.74) is 0.877. The highest BCUT2D eigenvalue weighted by Gasteiger charge is 2.16. The number of carbonyl (C=O) groups excluding carboxylic acids is 1. The maximum absolute atomic E-state index is 12.0. The molecule has 110 valence electrons. The predicted octanol–water partition coefficient (Wildman–Crippen LogP) is 3.35. The van der Waals surface area contributed by atoms with Crippen LogP contribution in [0.4, 0.5) is 11.5 Å². The van der Waals surface area contributed by atoms with Gasteiger partial charge in [-0.1, -0.05) is 25.4 Å². The molecule has 0 aliphatic rings. The van der Waals surface area contributed by atoms with Gasteiger partial charge < -0.3 is 5.32 Å². The first-order chi connectivity index (χ1) is 9.88. The number of nitrogens with zero attached hydrogens (tertiary/aromatic N) is 2. The van der Waals surface area contributed by atoms with Gasteiger partial charge in [-0.2, -0.15) is 5.10 Å². The average molecular weight is 309 g/mol. The van der Waals surface area contributed by atoms with Crippen LogP contribution in [0.5, 0.6) is 0 Å². The molecule has 2 aromatic rings. The van der Waals surface area contributed by atoms with Crippen LogP contribution in [0, 0.1) is 10.1 Å². The number of benzene rings is 1. The third-order valence-corrected chi connectivity index (χ3v) is 3.17. The Morgan fingerprint density at radius 2 is 2.14 bits per heavy atom. The van der Waals surface area contributed by atoms with E-state index in [4.69, 9.17) is 11.6 Å². The zero-order valence-electron chi connectivity index (χ0n) is 11.4. The molecule has 0 aliphatic carbocycles. The molecule has 21 heavy (non-hydrogen) atoms. The molecule has 0 saturated heterocycles. The fourth-order valence-electron chi connectivity index (χ4n) is 1.68. The lowest BCUT2D eigenvalue weighted by atomic mass is 10.1. The second-order valence-corrected chi connectivity index (χ2v) is 5.15. The molecule has 0 radical (unpaired) electrons. The molecule has 0 bridgehead atoms. The Balaban J connectivity index is 2.16. The summed E-state index contributed by atoms with van der Waals surface area (Å²) in [4.78, 5) is 22.1. The third-order valence-electron chi connectivity index (χ3n) is 2.87. The quantitative estimate of drug-likeness (QED) is 0.668. The van der Waals surface area contributed by atoms with Crippen molar-refractivity contribution in [1.29, 1.82) is 0 Å². The van der Waals surface area contributed by atoms with Crippen molar-refractivity contribution >= 4 is 29.0 Å². The first-order valence-corrected chi connectivity index (χ1v) is 6.57. The second-order valence-electron chi connectivity index (χ2n) is 4.74. The number of carbonyl (C=O) groups is 1. The lowest BCUT2D eigenvalue weighted by Gasteiger charge is -2.03. The molecule has 1 heterocycles. The zero-order valence-corrected chi connectivity index (χ0v) is 12.1. The van der Waals surface area contributed by atoms with Crippen LogP contribution < -0.4 is 5.32 Å². The number of rotatable bonds is 4. The van der Waals surface area contributed by atoms with E-state index in [2.05, 4.69) is 15.5 Å². The minimum atomic E-state index is -0.605. The van der Waals surface area contributed by atoms with Crippen molar-refractivity contribution < 1.29 is 9.72 Å². The Bertz CT molecular complexity index is 696. The number of hydrogen-bond acceptors (Lipinski definition) is 4. The zero-order chi connectivity index (χ0) is 15.6. The fraction of sp³-hybridized carbons (Fsp3) is 0.231. The maximum atomic E-state index is 12.0. The Labute approximate surface area is 125 Å². The molecule has 0 aliphatic heterocycles. The van der Waals surface area contributed by atoms with Crippen LogP contribution in [0.1, 0.15) is 35.8 Å². The molecule has 8 heteroatoms. The molecule has 0 atom stereocenters. The van der Waals surface area contributed by atoms with Gasteiger partial charge >= 0.3 is 0 Å². The molecule has 1 amide bonds. The molecular formula is C13H13ClN4O3. The van der Waals surface area contributed by atoms with Gasteiger partial charge in [-0.15, -0.1) is 0 Å². The van der Waals surface area contributed by atoms with Gasteiger partial charge in [0, 0.05) is 23.4 Å². The van der Waals surface area contributed by atoms with Crippen LogP contribution in [-0.4, -0.2) is 21.0 Å². The molecule has 1 aromatic heterocycles. The van der Waals surface area contributed by atoms with Gasteiger partial charge in [0.1, 0.15) is 5.02 Å². The smallest absolute Gasteiger partial charge is 0.287 e. The van der Waals surface area contributed by atoms with Crippen LogP contribution in [0.3, 0.4) is 0 Å². The molecule has 0 saturated carbocycles. The molecule has 1 aromatic carbocycles. The van der Waals surface area contributed by atoms with Crippen molar-refractivity contribution in [1.82, 2.24) is 10.2 Å². The first-order valence-electron chi connectivity index (χ1n) is 6.19. The van der Waals surface area contributed by atoms with Gasteiger partial charge in [0.25, 0.3) is 11.6 Å². The molecule has 2 rings (SSSR count). The number of aromatic amines is 1. The summed E-state index contributed by atoms with van der Waals surface area (Å²) in [7, 11) is 0. The number of halogens is 1. The van der Waals surface area contributed by atoms with E-state index in [0.29, 0.717) is 5.82 Å². The minimum Gasteiger partial charge on any atom is -0.305 e. The highest BCUT2D eigenvalue weighted by Crippen LogP contribution is 2.25. The van der Waals surface area contributed by atoms with Gasteiger partial charge in [-0.25, -0.2) is 0 Å². The lowest BCUT2D eigenvalue weighted by Crippen LogP contribution is -2.12. The summed E-state index contributed by atoms with van der Waals surface area (Å²) in [6.07, 6.45) is 0. The number of H-pyrrole nitrogens is 1. The SMILES string of the molecule is CC(C)c1cc(NC(=O)c2ccc([N+](=O)[O-])c(Cl)c2)n[nH]1. The number of anilines is 1. The fourth-order valence-corrected chi connectivity index (χ4v) is 1.93. The van der Waals surface area contributed by atoms with E-state index in [0.717, 1.165) is 5.69 Å². The Hall–Kier alpha value is -2.41. The summed E-state index contributed by atoms with van der Waals surface area (Å²) < 4.78 is 0. The van der Waals surface area contributed by atoms with Crippen LogP contribution in [-0.2, 0) is 0 Å². The topological polar surface area (TPSA) is 101 Å². The molecular weight excluding hydrogens is 296 g/mol. The van der Waals surface area contributed by atoms with E-state index in [1.54, 1.807) is 6.07 Å². The monoisotopic (exact) mass is 308 g/mol. The highest BCUT2D eigenvalue weighted by molar-refractivity contribution is 6.33. The van der Waals surface area contributed by atoms with Crippen molar-refractivity contribution in [3.05, 3.63) is 50.7 Å². The summed E-state index contributed by atoms with van der Waals surface area (Å²) in [5, 5.41) is 20.0. The van der Waals surface area contributed by atoms with Gasteiger partial charge in [0.05, 0.1) is 4.92 Å². The van der Waals surface area contributed by atoms with E-state index in [9.17, 15) is 14.9 Å². The van der Waals surface area contributed by atoms with Gasteiger partial charge in [-0.05, 0) is 18.1 Å². The van der Waals surface area contributed by atoms with Gasteiger partial charge in [0.2, 0.25) is 0 Å². The van der Waals surface area contributed by atoms with Crippen LogP contribution in [0.15, 0.2) is 24.3 Å². The number of amides is 1. The Morgan fingerprint density at radius 3 is 2.67 bits per heavy atom. The van der Waals surface area contributed by atoms with Crippen LogP contribution in [0.2, 0.25) is 5.02 Å². The number of nitro benzene ring substituents is 1. The minimum absolute atomic E-state index is 0.0856. The largest absolute Gasteiger partial charge is 0.305 e. The summed E-state index contributed by atoms with van der Waals surface area (Å²) in [6.45, 7) is 3.99. The van der Waals surface area contributed by atoms with Crippen molar-refractivity contribution in [2.24, 2.45) is 0 Å². The van der Waals surface area contributed by atoms with Crippen molar-refractivity contribution in [2.45, 2.75) is 19.8 Å². The normalized spacial score (nSPS) is 10.7.